The van der Waals surface area contributed by atoms with Gasteiger partial charge in [0, 0.05) is 23.6 Å². The molecular formula is C29H25N5OS. The van der Waals surface area contributed by atoms with Crippen LogP contribution in [0.1, 0.15) is 16.7 Å². The van der Waals surface area contributed by atoms with E-state index in [4.69, 9.17) is 0 Å². The van der Waals surface area contributed by atoms with E-state index in [1.54, 1.807) is 12.4 Å². The number of para-hydroxylation sites is 2. The van der Waals surface area contributed by atoms with Crippen LogP contribution in [0, 0.1) is 6.92 Å². The van der Waals surface area contributed by atoms with E-state index in [1.165, 1.54) is 17.3 Å². The lowest BCUT2D eigenvalue weighted by Gasteiger charge is -2.13. The normalized spacial score (nSPS) is 10.8. The number of aryl methyl sites for hydroxylation is 1. The van der Waals surface area contributed by atoms with Gasteiger partial charge in [-0.25, -0.2) is 0 Å². The number of pyridine rings is 1. The Morgan fingerprint density at radius 1 is 0.861 bits per heavy atom. The summed E-state index contributed by atoms with van der Waals surface area (Å²) >= 11 is 1.36. The van der Waals surface area contributed by atoms with Gasteiger partial charge in [0.05, 0.1) is 11.4 Å². The first-order valence-electron chi connectivity index (χ1n) is 11.7. The van der Waals surface area contributed by atoms with Gasteiger partial charge in [-0.05, 0) is 54.3 Å². The summed E-state index contributed by atoms with van der Waals surface area (Å²) in [6.45, 7) is 2.05. The van der Waals surface area contributed by atoms with Crippen molar-refractivity contribution in [2.45, 2.75) is 18.5 Å². The lowest BCUT2D eigenvalue weighted by molar-refractivity contribution is -0.113. The highest BCUT2D eigenvalue weighted by Crippen LogP contribution is 2.29. The molecule has 1 amide bonds. The minimum atomic E-state index is -0.0923. The van der Waals surface area contributed by atoms with E-state index in [-0.39, 0.29) is 11.7 Å². The smallest absolute Gasteiger partial charge is 0.234 e. The summed E-state index contributed by atoms with van der Waals surface area (Å²) in [5.74, 6) is 0.827. The van der Waals surface area contributed by atoms with E-state index in [0.29, 0.717) is 11.0 Å². The highest BCUT2D eigenvalue weighted by atomic mass is 32.2. The number of nitrogens with one attached hydrogen (secondary N) is 1. The van der Waals surface area contributed by atoms with Gasteiger partial charge in [0.25, 0.3) is 0 Å². The Bertz CT molecular complexity index is 1470. The van der Waals surface area contributed by atoms with Crippen LogP contribution in [0.25, 0.3) is 17.1 Å². The molecule has 36 heavy (non-hydrogen) atoms. The molecule has 0 radical (unpaired) electrons. The van der Waals surface area contributed by atoms with Crippen molar-refractivity contribution >= 4 is 23.4 Å². The van der Waals surface area contributed by atoms with Crippen molar-refractivity contribution in [3.63, 3.8) is 0 Å². The van der Waals surface area contributed by atoms with Gasteiger partial charge in [0.1, 0.15) is 0 Å². The summed E-state index contributed by atoms with van der Waals surface area (Å²) < 4.78 is 2.01. The highest BCUT2D eigenvalue weighted by Gasteiger charge is 2.18. The van der Waals surface area contributed by atoms with E-state index in [2.05, 4.69) is 45.6 Å². The van der Waals surface area contributed by atoms with Gasteiger partial charge in [0.15, 0.2) is 11.0 Å². The number of aromatic nitrogens is 4. The first-order valence-corrected chi connectivity index (χ1v) is 12.6. The van der Waals surface area contributed by atoms with Crippen molar-refractivity contribution in [2.75, 3.05) is 11.1 Å². The Kier molecular flexibility index (Phi) is 7.19. The quantitative estimate of drug-likeness (QED) is 0.271. The molecule has 3 aromatic carbocycles. The number of hydrogen-bond donors (Lipinski definition) is 1. The van der Waals surface area contributed by atoms with Crippen LogP contribution in [0.3, 0.4) is 0 Å². The molecule has 7 heteroatoms. The number of benzene rings is 3. The first-order chi connectivity index (χ1) is 17.7. The standard InChI is InChI=1S/C29H25N5OS/c1-21-9-5-8-14-26(21)34-28(23-15-17-30-18-16-23)32-33-29(34)36-20-27(35)31-25-13-7-6-12-24(25)19-22-10-3-2-4-11-22/h2-18H,19-20H2,1H3,(H,31,35). The third kappa shape index (κ3) is 5.37. The number of thioether (sulfide) groups is 1. The molecule has 0 fully saturated rings. The molecule has 0 aliphatic carbocycles. The van der Waals surface area contributed by atoms with Crippen LogP contribution in [-0.4, -0.2) is 31.4 Å². The Hall–Kier alpha value is -4.23. The molecule has 0 bridgehead atoms. The molecule has 178 valence electrons. The number of carbonyl (C=O) groups excluding carboxylic acids is 1. The summed E-state index contributed by atoms with van der Waals surface area (Å²) in [6, 6.07) is 30.0. The van der Waals surface area contributed by atoms with E-state index in [9.17, 15) is 4.79 Å². The van der Waals surface area contributed by atoms with Gasteiger partial charge in [-0.15, -0.1) is 10.2 Å². The van der Waals surface area contributed by atoms with Crippen molar-refractivity contribution in [3.05, 3.63) is 120 Å². The molecule has 5 rings (SSSR count). The molecule has 0 unspecified atom stereocenters. The average Bonchev–Trinajstić information content (AvgIpc) is 3.34. The fourth-order valence-corrected chi connectivity index (χ4v) is 4.76. The van der Waals surface area contributed by atoms with Crippen LogP contribution < -0.4 is 5.32 Å². The lowest BCUT2D eigenvalue weighted by Crippen LogP contribution is -2.16. The van der Waals surface area contributed by atoms with Crippen LogP contribution in [0.2, 0.25) is 0 Å². The molecule has 0 aliphatic rings. The predicted molar refractivity (Wildman–Crippen MR) is 144 cm³/mol. The maximum absolute atomic E-state index is 13.0. The number of rotatable bonds is 8. The maximum atomic E-state index is 13.0. The maximum Gasteiger partial charge on any atom is 0.234 e. The van der Waals surface area contributed by atoms with Crippen LogP contribution in [0.5, 0.6) is 0 Å². The fraction of sp³-hybridized carbons (Fsp3) is 0.103. The number of amides is 1. The second-order valence-electron chi connectivity index (χ2n) is 8.32. The summed E-state index contributed by atoms with van der Waals surface area (Å²) in [6.07, 6.45) is 4.22. The van der Waals surface area contributed by atoms with Gasteiger partial charge in [0.2, 0.25) is 5.91 Å². The Morgan fingerprint density at radius 2 is 1.58 bits per heavy atom. The highest BCUT2D eigenvalue weighted by molar-refractivity contribution is 7.99. The molecule has 1 N–H and O–H groups in total. The second kappa shape index (κ2) is 11.0. The van der Waals surface area contributed by atoms with E-state index < -0.39 is 0 Å². The average molecular weight is 492 g/mol. The minimum absolute atomic E-state index is 0.0923. The minimum Gasteiger partial charge on any atom is -0.325 e. The largest absolute Gasteiger partial charge is 0.325 e. The predicted octanol–water partition coefficient (Wildman–Crippen LogP) is 5.96. The van der Waals surface area contributed by atoms with E-state index in [1.807, 2.05) is 77.4 Å². The zero-order valence-electron chi connectivity index (χ0n) is 19.8. The SMILES string of the molecule is Cc1ccccc1-n1c(SCC(=O)Nc2ccccc2Cc2ccccc2)nnc1-c1ccncc1. The van der Waals surface area contributed by atoms with Crippen LogP contribution in [-0.2, 0) is 11.2 Å². The van der Waals surface area contributed by atoms with Crippen LogP contribution >= 0.6 is 11.8 Å². The molecule has 2 heterocycles. The Morgan fingerprint density at radius 3 is 2.39 bits per heavy atom. The van der Waals surface area contributed by atoms with Crippen LogP contribution in [0.4, 0.5) is 5.69 Å². The lowest BCUT2D eigenvalue weighted by atomic mass is 10.0. The Labute approximate surface area is 214 Å². The zero-order valence-corrected chi connectivity index (χ0v) is 20.7. The van der Waals surface area contributed by atoms with Crippen molar-refractivity contribution in [2.24, 2.45) is 0 Å². The van der Waals surface area contributed by atoms with Gasteiger partial charge < -0.3 is 5.32 Å². The molecule has 6 nitrogen and oxygen atoms in total. The van der Waals surface area contributed by atoms with Gasteiger partial charge >= 0.3 is 0 Å². The number of hydrogen-bond acceptors (Lipinski definition) is 5. The van der Waals surface area contributed by atoms with Crippen molar-refractivity contribution in [1.82, 2.24) is 19.7 Å². The molecule has 0 spiro atoms. The number of nitrogens with zero attached hydrogens (tertiary/aromatic N) is 4. The van der Waals surface area contributed by atoms with Crippen molar-refractivity contribution < 1.29 is 4.79 Å². The topological polar surface area (TPSA) is 72.7 Å². The first kappa shape index (κ1) is 23.5. The van der Waals surface area contributed by atoms with Crippen molar-refractivity contribution in [3.8, 4) is 17.1 Å². The van der Waals surface area contributed by atoms with Gasteiger partial charge in [-0.3, -0.25) is 14.3 Å². The molecule has 0 atom stereocenters. The van der Waals surface area contributed by atoms with Gasteiger partial charge in [-0.2, -0.15) is 0 Å². The second-order valence-corrected chi connectivity index (χ2v) is 9.26. The third-order valence-electron chi connectivity index (χ3n) is 5.79. The van der Waals surface area contributed by atoms with E-state index in [0.717, 1.165) is 34.5 Å². The third-order valence-corrected chi connectivity index (χ3v) is 6.72. The van der Waals surface area contributed by atoms with Crippen molar-refractivity contribution in [1.29, 1.82) is 0 Å². The molecule has 0 saturated carbocycles. The fourth-order valence-electron chi connectivity index (χ4n) is 4.01. The number of carbonyl (C=O) groups is 1. The molecule has 2 aromatic heterocycles. The molecular weight excluding hydrogens is 466 g/mol. The number of anilines is 1. The Balaban J connectivity index is 1.36. The van der Waals surface area contributed by atoms with Gasteiger partial charge in [-0.1, -0.05) is 78.5 Å². The summed E-state index contributed by atoms with van der Waals surface area (Å²) in [5, 5.41) is 12.6. The molecule has 5 aromatic rings. The van der Waals surface area contributed by atoms with E-state index >= 15 is 0 Å². The zero-order chi connectivity index (χ0) is 24.7. The molecule has 0 saturated heterocycles. The summed E-state index contributed by atoms with van der Waals surface area (Å²) in [5.41, 5.74) is 6.07. The summed E-state index contributed by atoms with van der Waals surface area (Å²) in [4.78, 5) is 17.1. The monoisotopic (exact) mass is 491 g/mol. The van der Waals surface area contributed by atoms with Crippen LogP contribution in [0.15, 0.2) is 109 Å². The summed E-state index contributed by atoms with van der Waals surface area (Å²) in [7, 11) is 0. The molecule has 0 aliphatic heterocycles.